The van der Waals surface area contributed by atoms with Crippen LogP contribution in [0.5, 0.6) is 5.88 Å². The highest BCUT2D eigenvalue weighted by Crippen LogP contribution is 2.13. The third-order valence-electron chi connectivity index (χ3n) is 3.13. The van der Waals surface area contributed by atoms with E-state index in [0.29, 0.717) is 30.5 Å². The molecule has 1 aliphatic heterocycles. The SMILES string of the molecule is COc1cc(NCCC(=O)N2CCCC2)nc(C)n1. The lowest BCUT2D eigenvalue weighted by Gasteiger charge is -2.15. The summed E-state index contributed by atoms with van der Waals surface area (Å²) in [6, 6.07) is 1.73. The highest BCUT2D eigenvalue weighted by molar-refractivity contribution is 5.76. The van der Waals surface area contributed by atoms with Crippen molar-refractivity contribution in [3.8, 4) is 5.88 Å². The fourth-order valence-electron chi connectivity index (χ4n) is 2.16. The molecule has 19 heavy (non-hydrogen) atoms. The summed E-state index contributed by atoms with van der Waals surface area (Å²) in [4.78, 5) is 22.1. The molecule has 0 spiro atoms. The Morgan fingerprint density at radius 2 is 2.16 bits per heavy atom. The molecule has 0 atom stereocenters. The van der Waals surface area contributed by atoms with Crippen molar-refractivity contribution in [2.45, 2.75) is 26.2 Å². The van der Waals surface area contributed by atoms with E-state index >= 15 is 0 Å². The highest BCUT2D eigenvalue weighted by Gasteiger charge is 2.17. The smallest absolute Gasteiger partial charge is 0.224 e. The molecule has 1 amide bonds. The van der Waals surface area contributed by atoms with Gasteiger partial charge in [-0.15, -0.1) is 0 Å². The third kappa shape index (κ3) is 3.81. The van der Waals surface area contributed by atoms with Crippen LogP contribution >= 0.6 is 0 Å². The number of hydrogen-bond donors (Lipinski definition) is 1. The minimum absolute atomic E-state index is 0.211. The maximum Gasteiger partial charge on any atom is 0.224 e. The van der Waals surface area contributed by atoms with E-state index < -0.39 is 0 Å². The van der Waals surface area contributed by atoms with Gasteiger partial charge in [0.15, 0.2) is 0 Å². The lowest BCUT2D eigenvalue weighted by molar-refractivity contribution is -0.129. The quantitative estimate of drug-likeness (QED) is 0.866. The Balaban J connectivity index is 1.81. The zero-order valence-corrected chi connectivity index (χ0v) is 11.5. The number of hydrogen-bond acceptors (Lipinski definition) is 5. The van der Waals surface area contributed by atoms with E-state index in [1.54, 1.807) is 13.2 Å². The Morgan fingerprint density at radius 3 is 2.84 bits per heavy atom. The average Bonchev–Trinajstić information content (AvgIpc) is 2.92. The highest BCUT2D eigenvalue weighted by atomic mass is 16.5. The van der Waals surface area contributed by atoms with Gasteiger partial charge < -0.3 is 15.0 Å². The normalized spacial score (nSPS) is 14.5. The number of nitrogens with one attached hydrogen (secondary N) is 1. The van der Waals surface area contributed by atoms with Crippen molar-refractivity contribution >= 4 is 11.7 Å². The second kappa shape index (κ2) is 6.36. The molecule has 6 heteroatoms. The first kappa shape index (κ1) is 13.6. The van der Waals surface area contributed by atoms with Gasteiger partial charge in [-0.05, 0) is 19.8 Å². The van der Waals surface area contributed by atoms with Gasteiger partial charge in [0, 0.05) is 32.1 Å². The summed E-state index contributed by atoms with van der Waals surface area (Å²) in [6.45, 7) is 4.19. The molecule has 2 heterocycles. The zero-order chi connectivity index (χ0) is 13.7. The Morgan fingerprint density at radius 1 is 1.42 bits per heavy atom. The van der Waals surface area contributed by atoms with Crippen molar-refractivity contribution in [3.63, 3.8) is 0 Å². The summed E-state index contributed by atoms with van der Waals surface area (Å²) in [5, 5.41) is 3.14. The van der Waals surface area contributed by atoms with Crippen molar-refractivity contribution in [1.82, 2.24) is 14.9 Å². The number of rotatable bonds is 5. The van der Waals surface area contributed by atoms with Gasteiger partial charge in [0.2, 0.25) is 11.8 Å². The van der Waals surface area contributed by atoms with Gasteiger partial charge in [-0.25, -0.2) is 4.98 Å². The van der Waals surface area contributed by atoms with Crippen molar-refractivity contribution in [3.05, 3.63) is 11.9 Å². The number of amides is 1. The van der Waals surface area contributed by atoms with E-state index in [-0.39, 0.29) is 5.91 Å². The van der Waals surface area contributed by atoms with Gasteiger partial charge in [0.25, 0.3) is 0 Å². The molecular weight excluding hydrogens is 244 g/mol. The van der Waals surface area contributed by atoms with Crippen molar-refractivity contribution in [2.24, 2.45) is 0 Å². The summed E-state index contributed by atoms with van der Waals surface area (Å²) in [5.74, 6) is 2.08. The molecule has 0 saturated carbocycles. The lowest BCUT2D eigenvalue weighted by Crippen LogP contribution is -2.29. The van der Waals surface area contributed by atoms with E-state index in [0.717, 1.165) is 25.9 Å². The summed E-state index contributed by atoms with van der Waals surface area (Å²) in [5.41, 5.74) is 0. The number of carbonyl (C=O) groups excluding carboxylic acids is 1. The molecule has 0 unspecified atom stereocenters. The van der Waals surface area contributed by atoms with Crippen LogP contribution in [-0.4, -0.2) is 47.5 Å². The number of nitrogens with zero attached hydrogens (tertiary/aromatic N) is 3. The molecule has 1 aromatic rings. The maximum absolute atomic E-state index is 11.9. The Bertz CT molecular complexity index is 444. The third-order valence-corrected chi connectivity index (χ3v) is 3.13. The van der Waals surface area contributed by atoms with Gasteiger partial charge in [0.05, 0.1) is 7.11 Å². The van der Waals surface area contributed by atoms with Crippen molar-refractivity contribution in [2.75, 3.05) is 32.1 Å². The molecule has 104 valence electrons. The molecule has 1 aliphatic rings. The number of ether oxygens (including phenoxy) is 1. The molecule has 0 aliphatic carbocycles. The van der Waals surface area contributed by atoms with Gasteiger partial charge in [-0.2, -0.15) is 4.98 Å². The summed E-state index contributed by atoms with van der Waals surface area (Å²) in [7, 11) is 1.57. The second-order valence-electron chi connectivity index (χ2n) is 4.61. The van der Waals surface area contributed by atoms with Crippen LogP contribution in [0.1, 0.15) is 25.1 Å². The molecule has 1 fully saturated rings. The second-order valence-corrected chi connectivity index (χ2v) is 4.61. The van der Waals surface area contributed by atoms with E-state index in [4.69, 9.17) is 4.74 Å². The molecule has 2 rings (SSSR count). The fourth-order valence-corrected chi connectivity index (χ4v) is 2.16. The van der Waals surface area contributed by atoms with Gasteiger partial charge in [-0.3, -0.25) is 4.79 Å². The Hall–Kier alpha value is -1.85. The summed E-state index contributed by atoms with van der Waals surface area (Å²) >= 11 is 0. The Labute approximate surface area is 113 Å². The molecule has 1 N–H and O–H groups in total. The molecule has 0 aromatic carbocycles. The average molecular weight is 264 g/mol. The standard InChI is InChI=1S/C13H20N4O2/c1-10-15-11(9-12(16-10)19-2)14-6-5-13(18)17-7-3-4-8-17/h9H,3-8H2,1-2H3,(H,14,15,16). The van der Waals surface area contributed by atoms with Crippen LogP contribution in [0.4, 0.5) is 5.82 Å². The maximum atomic E-state index is 11.9. The molecular formula is C13H20N4O2. The monoisotopic (exact) mass is 264 g/mol. The largest absolute Gasteiger partial charge is 0.481 e. The fraction of sp³-hybridized carbons (Fsp3) is 0.615. The van der Waals surface area contributed by atoms with Crippen molar-refractivity contribution < 1.29 is 9.53 Å². The first-order chi connectivity index (χ1) is 9.19. The predicted molar refractivity (Wildman–Crippen MR) is 72.2 cm³/mol. The first-order valence-corrected chi connectivity index (χ1v) is 6.60. The molecule has 6 nitrogen and oxygen atoms in total. The number of likely N-dealkylation sites (tertiary alicyclic amines) is 1. The summed E-state index contributed by atoms with van der Waals surface area (Å²) in [6.07, 6.45) is 2.74. The van der Waals surface area contributed by atoms with E-state index in [2.05, 4.69) is 15.3 Å². The van der Waals surface area contributed by atoms with E-state index in [1.165, 1.54) is 0 Å². The minimum atomic E-state index is 0.211. The minimum Gasteiger partial charge on any atom is -0.481 e. The topological polar surface area (TPSA) is 67.3 Å². The van der Waals surface area contributed by atoms with Gasteiger partial charge >= 0.3 is 0 Å². The van der Waals surface area contributed by atoms with Crippen LogP contribution in [0, 0.1) is 6.92 Å². The number of anilines is 1. The lowest BCUT2D eigenvalue weighted by atomic mass is 10.3. The van der Waals surface area contributed by atoms with Crippen LogP contribution < -0.4 is 10.1 Å². The van der Waals surface area contributed by atoms with Crippen LogP contribution in [0.2, 0.25) is 0 Å². The predicted octanol–water partition coefficient (Wildman–Crippen LogP) is 1.22. The number of methoxy groups -OCH3 is 1. The van der Waals surface area contributed by atoms with E-state index in [9.17, 15) is 4.79 Å². The van der Waals surface area contributed by atoms with Crippen LogP contribution in [0.15, 0.2) is 6.07 Å². The number of aromatic nitrogens is 2. The molecule has 1 saturated heterocycles. The van der Waals surface area contributed by atoms with E-state index in [1.807, 2.05) is 11.8 Å². The zero-order valence-electron chi connectivity index (χ0n) is 11.5. The van der Waals surface area contributed by atoms with Crippen LogP contribution in [0.3, 0.4) is 0 Å². The number of aryl methyl sites for hydroxylation is 1. The molecule has 1 aromatic heterocycles. The van der Waals surface area contributed by atoms with Crippen LogP contribution in [-0.2, 0) is 4.79 Å². The van der Waals surface area contributed by atoms with Gasteiger partial charge in [-0.1, -0.05) is 0 Å². The Kier molecular flexibility index (Phi) is 4.54. The number of carbonyl (C=O) groups is 1. The molecule has 0 radical (unpaired) electrons. The first-order valence-electron chi connectivity index (χ1n) is 6.60. The van der Waals surface area contributed by atoms with Gasteiger partial charge in [0.1, 0.15) is 11.6 Å². The van der Waals surface area contributed by atoms with Crippen molar-refractivity contribution in [1.29, 1.82) is 0 Å². The summed E-state index contributed by atoms with van der Waals surface area (Å²) < 4.78 is 5.08. The van der Waals surface area contributed by atoms with Crippen LogP contribution in [0.25, 0.3) is 0 Å². The molecule has 0 bridgehead atoms.